The number of carbonyl (C=O) groups is 2. The first-order valence-electron chi connectivity index (χ1n) is 10.9. The molecule has 0 bridgehead atoms. The van der Waals surface area contributed by atoms with Gasteiger partial charge in [-0.1, -0.05) is 13.3 Å². The molecule has 1 aliphatic heterocycles. The predicted molar refractivity (Wildman–Crippen MR) is 121 cm³/mol. The molecule has 1 saturated heterocycles. The molecule has 0 unspecified atom stereocenters. The highest BCUT2D eigenvalue weighted by Crippen LogP contribution is 2.30. The van der Waals surface area contributed by atoms with Crippen LogP contribution in [0.2, 0.25) is 0 Å². The summed E-state index contributed by atoms with van der Waals surface area (Å²) in [6, 6.07) is 13.5. The highest BCUT2D eigenvalue weighted by molar-refractivity contribution is 5.95. The van der Waals surface area contributed by atoms with Crippen LogP contribution in [0.15, 0.2) is 42.5 Å². The van der Waals surface area contributed by atoms with E-state index in [1.807, 2.05) is 29.2 Å². The molecule has 0 atom stereocenters. The Labute approximate surface area is 179 Å². The van der Waals surface area contributed by atoms with E-state index in [0.29, 0.717) is 5.56 Å². The Morgan fingerprint density at radius 3 is 2.27 bits per heavy atom. The molecular formula is C25H32N2O3. The molecule has 160 valence electrons. The smallest absolute Gasteiger partial charge is 0.337 e. The molecule has 0 saturated carbocycles. The van der Waals surface area contributed by atoms with Crippen molar-refractivity contribution in [2.45, 2.75) is 46.0 Å². The lowest BCUT2D eigenvalue weighted by Gasteiger charge is -2.29. The molecule has 1 heterocycles. The second-order valence-electron chi connectivity index (χ2n) is 7.90. The zero-order chi connectivity index (χ0) is 21.5. The van der Waals surface area contributed by atoms with Crippen LogP contribution in [0.25, 0.3) is 0 Å². The quantitative estimate of drug-likeness (QED) is 0.580. The summed E-state index contributed by atoms with van der Waals surface area (Å²) in [5.74, 6) is -0.203. The third kappa shape index (κ3) is 5.02. The number of benzene rings is 2. The second-order valence-corrected chi connectivity index (χ2v) is 7.90. The van der Waals surface area contributed by atoms with Gasteiger partial charge in [0.25, 0.3) is 5.91 Å². The van der Waals surface area contributed by atoms with Crippen LogP contribution in [0.4, 0.5) is 11.4 Å². The van der Waals surface area contributed by atoms with Crippen LogP contribution >= 0.6 is 0 Å². The number of likely N-dealkylation sites (tertiary alicyclic amines) is 1. The number of piperidine rings is 1. The van der Waals surface area contributed by atoms with Crippen LogP contribution in [-0.4, -0.2) is 43.5 Å². The largest absolute Gasteiger partial charge is 0.465 e. The fourth-order valence-corrected chi connectivity index (χ4v) is 3.97. The van der Waals surface area contributed by atoms with E-state index >= 15 is 0 Å². The minimum Gasteiger partial charge on any atom is -0.465 e. The summed E-state index contributed by atoms with van der Waals surface area (Å²) in [5.41, 5.74) is 4.48. The lowest BCUT2D eigenvalue weighted by atomic mass is 10.0. The van der Waals surface area contributed by atoms with E-state index in [1.165, 1.54) is 13.5 Å². The number of nitrogens with zero attached hydrogens (tertiary/aromatic N) is 2. The molecule has 0 N–H and O–H groups in total. The monoisotopic (exact) mass is 408 g/mol. The SMILES string of the molecule is CCCCN(c1ccc(C(=O)OC)cc1)c1ccc(C(=O)N2CCCCC2)cc1C. The molecule has 5 heteroatoms. The number of unbranched alkanes of at least 4 members (excludes halogenated alkanes) is 1. The standard InChI is InChI=1S/C25H32N2O3/c1-4-5-17-27(22-12-9-20(10-13-22)25(29)30-3)23-14-11-21(18-19(23)2)24(28)26-15-7-6-8-16-26/h9-14,18H,4-8,15-17H2,1-3H3. The van der Waals surface area contributed by atoms with Crippen LogP contribution in [-0.2, 0) is 4.74 Å². The van der Waals surface area contributed by atoms with Gasteiger partial charge in [0.1, 0.15) is 0 Å². The lowest BCUT2D eigenvalue weighted by Crippen LogP contribution is -2.35. The second kappa shape index (κ2) is 10.3. The normalized spacial score (nSPS) is 13.8. The molecule has 1 aliphatic rings. The summed E-state index contributed by atoms with van der Waals surface area (Å²) in [5, 5.41) is 0. The Kier molecular flexibility index (Phi) is 7.50. The first-order chi connectivity index (χ1) is 14.5. The molecule has 0 aromatic heterocycles. The maximum atomic E-state index is 12.9. The van der Waals surface area contributed by atoms with Gasteiger partial charge in [-0.05, 0) is 80.6 Å². The maximum absolute atomic E-state index is 12.9. The Balaban J connectivity index is 1.86. The maximum Gasteiger partial charge on any atom is 0.337 e. The van der Waals surface area contributed by atoms with E-state index in [0.717, 1.165) is 67.8 Å². The van der Waals surface area contributed by atoms with E-state index in [1.54, 1.807) is 12.1 Å². The molecule has 1 amide bonds. The van der Waals surface area contributed by atoms with E-state index in [9.17, 15) is 9.59 Å². The van der Waals surface area contributed by atoms with Crippen molar-refractivity contribution in [3.8, 4) is 0 Å². The number of hydrogen-bond donors (Lipinski definition) is 0. The number of amides is 1. The number of ether oxygens (including phenoxy) is 1. The molecular weight excluding hydrogens is 376 g/mol. The van der Waals surface area contributed by atoms with Crippen molar-refractivity contribution in [1.29, 1.82) is 0 Å². The summed E-state index contributed by atoms with van der Waals surface area (Å²) in [7, 11) is 1.39. The fourth-order valence-electron chi connectivity index (χ4n) is 3.97. The van der Waals surface area contributed by atoms with Crippen molar-refractivity contribution in [3.63, 3.8) is 0 Å². The number of aryl methyl sites for hydroxylation is 1. The first-order valence-corrected chi connectivity index (χ1v) is 10.9. The average molecular weight is 409 g/mol. The van der Waals surface area contributed by atoms with Gasteiger partial charge in [0, 0.05) is 36.6 Å². The third-order valence-electron chi connectivity index (χ3n) is 5.71. The molecule has 30 heavy (non-hydrogen) atoms. The van der Waals surface area contributed by atoms with Gasteiger partial charge in [-0.25, -0.2) is 4.79 Å². The van der Waals surface area contributed by atoms with Gasteiger partial charge in [-0.2, -0.15) is 0 Å². The number of methoxy groups -OCH3 is 1. The summed E-state index contributed by atoms with van der Waals surface area (Å²) < 4.78 is 4.80. The predicted octanol–water partition coefficient (Wildman–Crippen LogP) is 5.35. The highest BCUT2D eigenvalue weighted by Gasteiger charge is 2.20. The summed E-state index contributed by atoms with van der Waals surface area (Å²) in [6.07, 6.45) is 5.53. The Morgan fingerprint density at radius 2 is 1.67 bits per heavy atom. The van der Waals surface area contributed by atoms with Crippen molar-refractivity contribution >= 4 is 23.3 Å². The van der Waals surface area contributed by atoms with E-state index < -0.39 is 0 Å². The molecule has 3 rings (SSSR count). The number of carbonyl (C=O) groups excluding carboxylic acids is 2. The van der Waals surface area contributed by atoms with Crippen molar-refractivity contribution in [2.24, 2.45) is 0 Å². The van der Waals surface area contributed by atoms with Crippen LogP contribution in [0.5, 0.6) is 0 Å². The van der Waals surface area contributed by atoms with Gasteiger partial charge < -0.3 is 14.5 Å². The van der Waals surface area contributed by atoms with E-state index in [2.05, 4.69) is 24.8 Å². The van der Waals surface area contributed by atoms with Crippen molar-refractivity contribution in [3.05, 3.63) is 59.2 Å². The topological polar surface area (TPSA) is 49.9 Å². The molecule has 2 aromatic rings. The zero-order valence-electron chi connectivity index (χ0n) is 18.3. The van der Waals surface area contributed by atoms with Crippen molar-refractivity contribution in [2.75, 3.05) is 31.6 Å². The number of rotatable bonds is 7. The molecule has 2 aromatic carbocycles. The fraction of sp³-hybridized carbons (Fsp3) is 0.440. The van der Waals surface area contributed by atoms with Gasteiger partial charge in [0.2, 0.25) is 0 Å². The molecule has 0 aliphatic carbocycles. The Hall–Kier alpha value is -2.82. The minimum absolute atomic E-state index is 0.131. The molecule has 0 spiro atoms. The number of anilines is 2. The Morgan fingerprint density at radius 1 is 1.00 bits per heavy atom. The van der Waals surface area contributed by atoms with Crippen molar-refractivity contribution in [1.82, 2.24) is 4.90 Å². The van der Waals surface area contributed by atoms with Gasteiger partial charge >= 0.3 is 5.97 Å². The third-order valence-corrected chi connectivity index (χ3v) is 5.71. The molecule has 1 fully saturated rings. The lowest BCUT2D eigenvalue weighted by molar-refractivity contribution is 0.0600. The number of esters is 1. The van der Waals surface area contributed by atoms with Gasteiger partial charge in [0.05, 0.1) is 12.7 Å². The summed E-state index contributed by atoms with van der Waals surface area (Å²) >= 11 is 0. The first kappa shape index (κ1) is 21.9. The minimum atomic E-state index is -0.335. The van der Waals surface area contributed by atoms with Gasteiger partial charge in [-0.15, -0.1) is 0 Å². The highest BCUT2D eigenvalue weighted by atomic mass is 16.5. The van der Waals surface area contributed by atoms with Gasteiger partial charge in [-0.3, -0.25) is 4.79 Å². The zero-order valence-corrected chi connectivity index (χ0v) is 18.3. The van der Waals surface area contributed by atoms with E-state index in [-0.39, 0.29) is 11.9 Å². The number of hydrogen-bond acceptors (Lipinski definition) is 4. The van der Waals surface area contributed by atoms with Crippen LogP contribution in [0.1, 0.15) is 65.3 Å². The van der Waals surface area contributed by atoms with Crippen LogP contribution in [0.3, 0.4) is 0 Å². The average Bonchev–Trinajstić information content (AvgIpc) is 2.80. The van der Waals surface area contributed by atoms with E-state index in [4.69, 9.17) is 4.74 Å². The summed E-state index contributed by atoms with van der Waals surface area (Å²) in [6.45, 7) is 6.81. The van der Waals surface area contributed by atoms with Crippen LogP contribution < -0.4 is 4.90 Å². The van der Waals surface area contributed by atoms with Crippen molar-refractivity contribution < 1.29 is 14.3 Å². The Bertz CT molecular complexity index is 870. The summed E-state index contributed by atoms with van der Waals surface area (Å²) in [4.78, 5) is 28.9. The van der Waals surface area contributed by atoms with Crippen LogP contribution in [0, 0.1) is 6.92 Å². The van der Waals surface area contributed by atoms with Gasteiger partial charge in [0.15, 0.2) is 0 Å². The molecule has 5 nitrogen and oxygen atoms in total. The molecule has 0 radical (unpaired) electrons.